The first-order chi connectivity index (χ1) is 9.74. The molecular weight excluding hydrogens is 304 g/mol. The van der Waals surface area contributed by atoms with Crippen molar-refractivity contribution in [2.45, 2.75) is 38.3 Å². The molecule has 1 aliphatic rings. The van der Waals surface area contributed by atoms with Crippen LogP contribution in [0.25, 0.3) is 0 Å². The summed E-state index contributed by atoms with van der Waals surface area (Å²) in [6.45, 7) is 3.11. The van der Waals surface area contributed by atoms with E-state index in [-0.39, 0.29) is 24.4 Å². The number of hydrogen-bond acceptors (Lipinski definition) is 3. The van der Waals surface area contributed by atoms with E-state index in [1.165, 1.54) is 5.56 Å². The second-order valence-electron chi connectivity index (χ2n) is 5.42. The molecule has 1 amide bonds. The summed E-state index contributed by atoms with van der Waals surface area (Å²) in [5, 5.41) is 6.51. The molecule has 2 N–H and O–H groups in total. The summed E-state index contributed by atoms with van der Waals surface area (Å²) in [5.41, 5.74) is 1.33. The lowest BCUT2D eigenvalue weighted by Crippen LogP contribution is -2.43. The Balaban J connectivity index is 0.00000220. The van der Waals surface area contributed by atoms with E-state index in [0.717, 1.165) is 30.9 Å². The summed E-state index contributed by atoms with van der Waals surface area (Å²) < 4.78 is 0. The van der Waals surface area contributed by atoms with Crippen molar-refractivity contribution >= 4 is 30.1 Å². The van der Waals surface area contributed by atoms with Crippen LogP contribution in [0.15, 0.2) is 30.3 Å². The summed E-state index contributed by atoms with van der Waals surface area (Å²) >= 11 is 1.93. The van der Waals surface area contributed by atoms with Gasteiger partial charge in [-0.2, -0.15) is 11.8 Å². The van der Waals surface area contributed by atoms with Crippen molar-refractivity contribution < 1.29 is 4.79 Å². The lowest BCUT2D eigenvalue weighted by Gasteiger charge is -2.23. The molecule has 1 aliphatic heterocycles. The molecule has 0 bridgehead atoms. The number of rotatable bonds is 6. The zero-order chi connectivity index (χ0) is 14.2. The minimum Gasteiger partial charge on any atom is -0.354 e. The topological polar surface area (TPSA) is 41.1 Å². The molecule has 2 atom stereocenters. The third-order valence-electron chi connectivity index (χ3n) is 3.55. The second kappa shape index (κ2) is 10.1. The number of thioether (sulfide) groups is 1. The van der Waals surface area contributed by atoms with Crippen LogP contribution in [0.4, 0.5) is 0 Å². The average Bonchev–Trinajstić information content (AvgIpc) is 2.47. The molecule has 0 radical (unpaired) electrons. The van der Waals surface area contributed by atoms with Crippen LogP contribution < -0.4 is 10.6 Å². The average molecular weight is 329 g/mol. The van der Waals surface area contributed by atoms with Gasteiger partial charge >= 0.3 is 0 Å². The van der Waals surface area contributed by atoms with Crippen molar-refractivity contribution in [3.63, 3.8) is 0 Å². The summed E-state index contributed by atoms with van der Waals surface area (Å²) in [6, 6.07) is 11.0. The van der Waals surface area contributed by atoms with E-state index < -0.39 is 0 Å². The van der Waals surface area contributed by atoms with Gasteiger partial charge in [-0.3, -0.25) is 4.79 Å². The van der Waals surface area contributed by atoms with Gasteiger partial charge in [-0.15, -0.1) is 12.4 Å². The first-order valence-electron chi connectivity index (χ1n) is 7.38. The molecule has 0 saturated carbocycles. The van der Waals surface area contributed by atoms with Crippen LogP contribution >= 0.6 is 24.2 Å². The van der Waals surface area contributed by atoms with E-state index in [4.69, 9.17) is 0 Å². The van der Waals surface area contributed by atoms with Gasteiger partial charge in [0.1, 0.15) is 0 Å². The molecule has 0 aromatic heterocycles. The van der Waals surface area contributed by atoms with Gasteiger partial charge in [-0.05, 0) is 25.3 Å². The number of benzene rings is 1. The van der Waals surface area contributed by atoms with E-state index in [9.17, 15) is 4.79 Å². The van der Waals surface area contributed by atoms with Crippen molar-refractivity contribution in [1.29, 1.82) is 0 Å². The minimum absolute atomic E-state index is 0. The summed E-state index contributed by atoms with van der Waals surface area (Å²) in [5.74, 6) is 2.38. The van der Waals surface area contributed by atoms with Crippen LogP contribution in [-0.4, -0.2) is 36.0 Å². The van der Waals surface area contributed by atoms with Gasteiger partial charge in [0.2, 0.25) is 5.91 Å². The third-order valence-corrected chi connectivity index (χ3v) is 4.68. The van der Waals surface area contributed by atoms with Gasteiger partial charge in [-0.1, -0.05) is 30.3 Å². The van der Waals surface area contributed by atoms with E-state index in [1.54, 1.807) is 0 Å². The maximum absolute atomic E-state index is 12.0. The number of amides is 1. The van der Waals surface area contributed by atoms with Gasteiger partial charge in [0.05, 0.1) is 0 Å². The number of hydrogen-bond donors (Lipinski definition) is 2. The molecule has 0 aliphatic carbocycles. The molecule has 118 valence electrons. The molecule has 1 heterocycles. The normalized spacial score (nSPS) is 19.4. The predicted octanol–water partition coefficient (Wildman–Crippen LogP) is 2.64. The fourth-order valence-electron chi connectivity index (χ4n) is 2.41. The van der Waals surface area contributed by atoms with Crippen LogP contribution in [-0.2, 0) is 11.2 Å². The Hall–Kier alpha value is -0.710. The SMILES string of the molecule is CC(CCc1ccccc1)NC(=O)CC1CSCCN1.Cl. The molecule has 3 nitrogen and oxygen atoms in total. The highest BCUT2D eigenvalue weighted by molar-refractivity contribution is 7.99. The van der Waals surface area contributed by atoms with Crippen LogP contribution in [0.3, 0.4) is 0 Å². The fraction of sp³-hybridized carbons (Fsp3) is 0.562. The van der Waals surface area contributed by atoms with Crippen LogP contribution in [0, 0.1) is 0 Å². The highest BCUT2D eigenvalue weighted by Crippen LogP contribution is 2.10. The second-order valence-corrected chi connectivity index (χ2v) is 6.57. The van der Waals surface area contributed by atoms with Crippen molar-refractivity contribution in [2.75, 3.05) is 18.1 Å². The zero-order valence-electron chi connectivity index (χ0n) is 12.5. The number of aryl methyl sites for hydroxylation is 1. The van der Waals surface area contributed by atoms with Gasteiger partial charge in [-0.25, -0.2) is 0 Å². The number of halogens is 1. The van der Waals surface area contributed by atoms with Crippen molar-refractivity contribution in [2.24, 2.45) is 0 Å². The van der Waals surface area contributed by atoms with E-state index in [2.05, 4.69) is 41.8 Å². The van der Waals surface area contributed by atoms with Crippen LogP contribution in [0.1, 0.15) is 25.3 Å². The summed E-state index contributed by atoms with van der Waals surface area (Å²) in [6.07, 6.45) is 2.60. The number of nitrogens with one attached hydrogen (secondary N) is 2. The fourth-order valence-corrected chi connectivity index (χ4v) is 3.36. The quantitative estimate of drug-likeness (QED) is 0.843. The van der Waals surface area contributed by atoms with Crippen LogP contribution in [0.5, 0.6) is 0 Å². The van der Waals surface area contributed by atoms with E-state index in [0.29, 0.717) is 12.5 Å². The van der Waals surface area contributed by atoms with Gasteiger partial charge in [0, 0.05) is 36.6 Å². The van der Waals surface area contributed by atoms with Gasteiger partial charge < -0.3 is 10.6 Å². The number of carbonyl (C=O) groups is 1. The van der Waals surface area contributed by atoms with Crippen molar-refractivity contribution in [1.82, 2.24) is 10.6 Å². The van der Waals surface area contributed by atoms with Gasteiger partial charge in [0.15, 0.2) is 0 Å². The molecule has 1 aromatic rings. The molecule has 1 saturated heterocycles. The Bertz CT molecular complexity index is 410. The summed E-state index contributed by atoms with van der Waals surface area (Å²) in [4.78, 5) is 12.0. The molecule has 1 fully saturated rings. The molecule has 21 heavy (non-hydrogen) atoms. The molecule has 2 unspecified atom stereocenters. The third kappa shape index (κ3) is 7.21. The standard InChI is InChI=1S/C16H24N2OS.ClH/c1-13(7-8-14-5-3-2-4-6-14)18-16(19)11-15-12-20-10-9-17-15;/h2-6,13,15,17H,7-12H2,1H3,(H,18,19);1H. The van der Waals surface area contributed by atoms with E-state index in [1.807, 2.05) is 17.8 Å². The molecule has 0 spiro atoms. The number of carbonyl (C=O) groups excluding carboxylic acids is 1. The molecular formula is C16H25ClN2OS. The zero-order valence-corrected chi connectivity index (χ0v) is 14.1. The largest absolute Gasteiger partial charge is 0.354 e. The van der Waals surface area contributed by atoms with Crippen LogP contribution in [0.2, 0.25) is 0 Å². The Labute approximate surface area is 138 Å². The molecule has 2 rings (SSSR count). The smallest absolute Gasteiger partial charge is 0.221 e. The minimum atomic E-state index is 0. The lowest BCUT2D eigenvalue weighted by atomic mass is 10.1. The summed E-state index contributed by atoms with van der Waals surface area (Å²) in [7, 11) is 0. The monoisotopic (exact) mass is 328 g/mol. The first kappa shape index (κ1) is 18.3. The maximum Gasteiger partial charge on any atom is 0.221 e. The molecule has 5 heteroatoms. The Morgan fingerprint density at radius 2 is 2.19 bits per heavy atom. The Kier molecular flexibility index (Phi) is 8.81. The highest BCUT2D eigenvalue weighted by atomic mass is 35.5. The highest BCUT2D eigenvalue weighted by Gasteiger charge is 2.17. The molecule has 1 aromatic carbocycles. The predicted molar refractivity (Wildman–Crippen MR) is 93.3 cm³/mol. The first-order valence-corrected chi connectivity index (χ1v) is 8.54. The maximum atomic E-state index is 12.0. The lowest BCUT2D eigenvalue weighted by molar-refractivity contribution is -0.122. The van der Waals surface area contributed by atoms with Gasteiger partial charge in [0.25, 0.3) is 0 Å². The van der Waals surface area contributed by atoms with Crippen molar-refractivity contribution in [3.8, 4) is 0 Å². The van der Waals surface area contributed by atoms with Crippen molar-refractivity contribution in [3.05, 3.63) is 35.9 Å². The Morgan fingerprint density at radius 1 is 1.43 bits per heavy atom. The van der Waals surface area contributed by atoms with E-state index >= 15 is 0 Å². The Morgan fingerprint density at radius 3 is 2.86 bits per heavy atom.